The SMILES string of the molecule is Cc1cccc([C@H](NC(=O)c2nn(C)cc2Cl)C2CC2)n1. The molecule has 1 aliphatic carbocycles. The number of aryl methyl sites for hydroxylation is 2. The van der Waals surface area contributed by atoms with Crippen molar-refractivity contribution < 1.29 is 4.79 Å². The maximum Gasteiger partial charge on any atom is 0.273 e. The molecule has 1 aliphatic rings. The number of nitrogens with one attached hydrogen (secondary N) is 1. The second-order valence-electron chi connectivity index (χ2n) is 5.49. The minimum absolute atomic E-state index is 0.0736. The average molecular weight is 305 g/mol. The van der Waals surface area contributed by atoms with Crippen LogP contribution in [-0.4, -0.2) is 20.7 Å². The Labute approximate surface area is 128 Å². The van der Waals surface area contributed by atoms with Crippen molar-refractivity contribution in [2.75, 3.05) is 0 Å². The molecule has 0 bridgehead atoms. The summed E-state index contributed by atoms with van der Waals surface area (Å²) in [6, 6.07) is 5.80. The lowest BCUT2D eigenvalue weighted by Crippen LogP contribution is -2.31. The number of pyridine rings is 1. The normalized spacial score (nSPS) is 15.8. The van der Waals surface area contributed by atoms with Gasteiger partial charge in [0.25, 0.3) is 5.91 Å². The molecule has 1 saturated carbocycles. The van der Waals surface area contributed by atoms with Gasteiger partial charge in [-0.3, -0.25) is 14.5 Å². The van der Waals surface area contributed by atoms with E-state index in [1.165, 1.54) is 4.68 Å². The van der Waals surface area contributed by atoms with Crippen molar-refractivity contribution in [3.05, 3.63) is 46.5 Å². The number of carbonyl (C=O) groups excluding carboxylic acids is 1. The zero-order valence-corrected chi connectivity index (χ0v) is 12.8. The van der Waals surface area contributed by atoms with Crippen molar-refractivity contribution in [3.63, 3.8) is 0 Å². The van der Waals surface area contributed by atoms with E-state index in [9.17, 15) is 4.79 Å². The van der Waals surface area contributed by atoms with E-state index in [2.05, 4.69) is 15.4 Å². The highest BCUT2D eigenvalue weighted by Crippen LogP contribution is 2.40. The summed E-state index contributed by atoms with van der Waals surface area (Å²) in [5.74, 6) is 0.201. The minimum atomic E-state index is -0.249. The molecule has 0 spiro atoms. The predicted octanol–water partition coefficient (Wildman–Crippen LogP) is 2.66. The minimum Gasteiger partial charge on any atom is -0.342 e. The average Bonchev–Trinajstić information content (AvgIpc) is 3.21. The smallest absolute Gasteiger partial charge is 0.273 e. The quantitative estimate of drug-likeness (QED) is 0.944. The monoisotopic (exact) mass is 304 g/mol. The van der Waals surface area contributed by atoms with Crippen LogP contribution in [0.3, 0.4) is 0 Å². The first kappa shape index (κ1) is 14.1. The summed E-state index contributed by atoms with van der Waals surface area (Å²) in [6.07, 6.45) is 3.83. The van der Waals surface area contributed by atoms with Crippen LogP contribution in [0, 0.1) is 12.8 Å². The third-order valence-electron chi connectivity index (χ3n) is 3.61. The molecule has 0 unspecified atom stereocenters. The van der Waals surface area contributed by atoms with Crippen molar-refractivity contribution in [1.82, 2.24) is 20.1 Å². The van der Waals surface area contributed by atoms with Crippen LogP contribution < -0.4 is 5.32 Å². The molecule has 2 aromatic heterocycles. The van der Waals surface area contributed by atoms with Crippen LogP contribution in [0.2, 0.25) is 5.02 Å². The Morgan fingerprint density at radius 3 is 2.81 bits per heavy atom. The van der Waals surface area contributed by atoms with Gasteiger partial charge >= 0.3 is 0 Å². The van der Waals surface area contributed by atoms with Gasteiger partial charge in [-0.2, -0.15) is 5.10 Å². The van der Waals surface area contributed by atoms with Crippen molar-refractivity contribution in [1.29, 1.82) is 0 Å². The summed E-state index contributed by atoms with van der Waals surface area (Å²) >= 11 is 6.03. The van der Waals surface area contributed by atoms with Crippen LogP contribution >= 0.6 is 11.6 Å². The molecule has 3 rings (SSSR count). The van der Waals surface area contributed by atoms with Crippen molar-refractivity contribution in [2.45, 2.75) is 25.8 Å². The molecular weight excluding hydrogens is 288 g/mol. The second kappa shape index (κ2) is 5.48. The maximum absolute atomic E-state index is 12.4. The highest BCUT2D eigenvalue weighted by molar-refractivity contribution is 6.33. The Kier molecular flexibility index (Phi) is 3.68. The van der Waals surface area contributed by atoms with Gasteiger partial charge in [-0.05, 0) is 37.8 Å². The van der Waals surface area contributed by atoms with Gasteiger partial charge in [0, 0.05) is 18.9 Å². The summed E-state index contributed by atoms with van der Waals surface area (Å²) in [7, 11) is 1.74. The fraction of sp³-hybridized carbons (Fsp3) is 0.400. The van der Waals surface area contributed by atoms with Crippen molar-refractivity contribution in [3.8, 4) is 0 Å². The molecule has 2 heterocycles. The number of amides is 1. The zero-order valence-electron chi connectivity index (χ0n) is 12.0. The molecule has 6 heteroatoms. The van der Waals surface area contributed by atoms with E-state index >= 15 is 0 Å². The Balaban J connectivity index is 1.83. The Morgan fingerprint density at radius 2 is 2.24 bits per heavy atom. The third-order valence-corrected chi connectivity index (χ3v) is 3.88. The zero-order chi connectivity index (χ0) is 15.0. The van der Waals surface area contributed by atoms with Crippen LogP contribution in [0.4, 0.5) is 0 Å². The Hall–Kier alpha value is -1.88. The van der Waals surface area contributed by atoms with Gasteiger partial charge < -0.3 is 5.32 Å². The first-order valence-electron chi connectivity index (χ1n) is 6.98. The highest BCUT2D eigenvalue weighted by atomic mass is 35.5. The summed E-state index contributed by atoms with van der Waals surface area (Å²) in [6.45, 7) is 1.95. The summed E-state index contributed by atoms with van der Waals surface area (Å²) in [5.41, 5.74) is 2.11. The van der Waals surface area contributed by atoms with E-state index in [0.29, 0.717) is 10.9 Å². The number of nitrogens with zero attached hydrogens (tertiary/aromatic N) is 3. The van der Waals surface area contributed by atoms with Gasteiger partial charge in [0.05, 0.1) is 16.8 Å². The second-order valence-corrected chi connectivity index (χ2v) is 5.90. The number of aromatic nitrogens is 3. The van der Waals surface area contributed by atoms with Gasteiger partial charge in [0.2, 0.25) is 0 Å². The van der Waals surface area contributed by atoms with Crippen LogP contribution in [-0.2, 0) is 7.05 Å². The lowest BCUT2D eigenvalue weighted by atomic mass is 10.1. The van der Waals surface area contributed by atoms with E-state index in [0.717, 1.165) is 24.2 Å². The lowest BCUT2D eigenvalue weighted by molar-refractivity contribution is 0.0925. The number of hydrogen-bond acceptors (Lipinski definition) is 3. The van der Waals surface area contributed by atoms with Crippen molar-refractivity contribution >= 4 is 17.5 Å². The van der Waals surface area contributed by atoms with E-state index in [-0.39, 0.29) is 17.6 Å². The fourth-order valence-electron chi connectivity index (χ4n) is 2.42. The summed E-state index contributed by atoms with van der Waals surface area (Å²) in [4.78, 5) is 16.9. The van der Waals surface area contributed by atoms with Gasteiger partial charge in [-0.1, -0.05) is 17.7 Å². The van der Waals surface area contributed by atoms with E-state index in [1.807, 2.05) is 25.1 Å². The van der Waals surface area contributed by atoms with Crippen LogP contribution in [0.1, 0.15) is 40.8 Å². The standard InChI is InChI=1S/C15H17ClN4O/c1-9-4-3-5-12(17-9)13(10-6-7-10)18-15(21)14-11(16)8-20(2)19-14/h3-5,8,10,13H,6-7H2,1-2H3,(H,18,21)/t13-/m1/s1. The molecule has 1 atom stereocenters. The molecule has 1 N–H and O–H groups in total. The van der Waals surface area contributed by atoms with Gasteiger partial charge in [-0.15, -0.1) is 0 Å². The number of carbonyl (C=O) groups is 1. The summed E-state index contributed by atoms with van der Waals surface area (Å²) < 4.78 is 1.54. The van der Waals surface area contributed by atoms with E-state index in [4.69, 9.17) is 11.6 Å². The van der Waals surface area contributed by atoms with Gasteiger partial charge in [0.1, 0.15) is 0 Å². The largest absolute Gasteiger partial charge is 0.342 e. The van der Waals surface area contributed by atoms with Crippen molar-refractivity contribution in [2.24, 2.45) is 13.0 Å². The van der Waals surface area contributed by atoms with Gasteiger partial charge in [-0.25, -0.2) is 0 Å². The molecule has 1 amide bonds. The first-order chi connectivity index (χ1) is 10.0. The molecular formula is C15H17ClN4O. The Bertz CT molecular complexity index is 678. The molecule has 5 nitrogen and oxygen atoms in total. The first-order valence-corrected chi connectivity index (χ1v) is 7.36. The maximum atomic E-state index is 12.4. The topological polar surface area (TPSA) is 59.8 Å². The molecule has 110 valence electrons. The molecule has 21 heavy (non-hydrogen) atoms. The lowest BCUT2D eigenvalue weighted by Gasteiger charge is -2.17. The number of hydrogen-bond donors (Lipinski definition) is 1. The molecule has 0 saturated heterocycles. The van der Waals surface area contributed by atoms with Crippen LogP contribution in [0.15, 0.2) is 24.4 Å². The fourth-order valence-corrected chi connectivity index (χ4v) is 2.69. The predicted molar refractivity (Wildman–Crippen MR) is 80.1 cm³/mol. The number of halogens is 1. The van der Waals surface area contributed by atoms with Crippen LogP contribution in [0.5, 0.6) is 0 Å². The molecule has 0 aromatic carbocycles. The molecule has 1 fully saturated rings. The van der Waals surface area contributed by atoms with E-state index < -0.39 is 0 Å². The third kappa shape index (κ3) is 3.08. The summed E-state index contributed by atoms with van der Waals surface area (Å²) in [5, 5.41) is 7.50. The highest BCUT2D eigenvalue weighted by Gasteiger charge is 2.35. The number of rotatable bonds is 4. The molecule has 2 aromatic rings. The van der Waals surface area contributed by atoms with E-state index in [1.54, 1.807) is 13.2 Å². The molecule has 0 radical (unpaired) electrons. The Morgan fingerprint density at radius 1 is 1.48 bits per heavy atom. The van der Waals surface area contributed by atoms with Crippen LogP contribution in [0.25, 0.3) is 0 Å². The molecule has 0 aliphatic heterocycles. The van der Waals surface area contributed by atoms with Gasteiger partial charge in [0.15, 0.2) is 5.69 Å².